The standard InChI is InChI=1S/C17H25NO7/c1-4-23-15(20)9-12-13(16(21)24-5-2)10-18(7-8-19)11-14(12)17(22)25-6-3/h10-12,19H,4-9H2,1-3H3. The number of rotatable bonds is 9. The highest BCUT2D eigenvalue weighted by molar-refractivity contribution is 5.97. The summed E-state index contributed by atoms with van der Waals surface area (Å²) < 4.78 is 15.0. The minimum Gasteiger partial charge on any atom is -0.466 e. The number of esters is 3. The van der Waals surface area contributed by atoms with Crippen LogP contribution in [-0.4, -0.2) is 60.9 Å². The van der Waals surface area contributed by atoms with Crippen LogP contribution in [0.2, 0.25) is 0 Å². The van der Waals surface area contributed by atoms with Crippen LogP contribution in [0, 0.1) is 5.92 Å². The van der Waals surface area contributed by atoms with Crippen molar-refractivity contribution in [3.05, 3.63) is 23.5 Å². The van der Waals surface area contributed by atoms with Gasteiger partial charge in [0.25, 0.3) is 0 Å². The normalized spacial score (nSPS) is 14.5. The van der Waals surface area contributed by atoms with E-state index in [1.54, 1.807) is 20.8 Å². The van der Waals surface area contributed by atoms with Crippen molar-refractivity contribution < 1.29 is 33.7 Å². The molecule has 0 spiro atoms. The van der Waals surface area contributed by atoms with Gasteiger partial charge in [0.2, 0.25) is 0 Å². The van der Waals surface area contributed by atoms with Gasteiger partial charge in [-0.1, -0.05) is 0 Å². The molecule has 25 heavy (non-hydrogen) atoms. The summed E-state index contributed by atoms with van der Waals surface area (Å²) >= 11 is 0. The number of hydrogen-bond acceptors (Lipinski definition) is 8. The van der Waals surface area contributed by atoms with Crippen molar-refractivity contribution in [1.29, 1.82) is 0 Å². The first-order valence-electron chi connectivity index (χ1n) is 8.28. The van der Waals surface area contributed by atoms with E-state index in [9.17, 15) is 14.4 Å². The molecule has 1 aliphatic rings. The van der Waals surface area contributed by atoms with Crippen LogP contribution in [0.15, 0.2) is 23.5 Å². The second-order valence-electron chi connectivity index (χ2n) is 5.13. The number of nitrogens with zero attached hydrogens (tertiary/aromatic N) is 1. The Kier molecular flexibility index (Phi) is 8.69. The van der Waals surface area contributed by atoms with Crippen molar-refractivity contribution in [1.82, 2.24) is 4.90 Å². The maximum absolute atomic E-state index is 12.3. The molecule has 1 rings (SSSR count). The highest BCUT2D eigenvalue weighted by atomic mass is 16.5. The number of carbonyl (C=O) groups excluding carboxylic acids is 3. The Balaban J connectivity index is 3.23. The van der Waals surface area contributed by atoms with E-state index in [1.807, 2.05) is 0 Å². The Morgan fingerprint density at radius 1 is 0.960 bits per heavy atom. The number of carbonyl (C=O) groups is 3. The minimum atomic E-state index is -0.827. The predicted octanol–water partition coefficient (Wildman–Crippen LogP) is 0.758. The smallest absolute Gasteiger partial charge is 0.336 e. The molecule has 0 bridgehead atoms. The van der Waals surface area contributed by atoms with E-state index in [1.165, 1.54) is 17.3 Å². The number of ether oxygens (including phenoxy) is 3. The van der Waals surface area contributed by atoms with E-state index in [0.717, 1.165) is 0 Å². The average molecular weight is 355 g/mol. The molecule has 8 nitrogen and oxygen atoms in total. The van der Waals surface area contributed by atoms with Crippen molar-refractivity contribution in [2.75, 3.05) is 33.0 Å². The summed E-state index contributed by atoms with van der Waals surface area (Å²) in [5, 5.41) is 9.15. The zero-order valence-electron chi connectivity index (χ0n) is 14.8. The monoisotopic (exact) mass is 355 g/mol. The Hall–Kier alpha value is -2.35. The van der Waals surface area contributed by atoms with Crippen LogP contribution < -0.4 is 0 Å². The summed E-state index contributed by atoms with van der Waals surface area (Å²) in [5.74, 6) is -2.62. The second-order valence-corrected chi connectivity index (χ2v) is 5.13. The van der Waals surface area contributed by atoms with Gasteiger partial charge < -0.3 is 24.2 Å². The summed E-state index contributed by atoms with van der Waals surface area (Å²) in [5.41, 5.74) is 0.294. The summed E-state index contributed by atoms with van der Waals surface area (Å²) in [4.78, 5) is 38.1. The molecule has 1 N–H and O–H groups in total. The summed E-state index contributed by atoms with van der Waals surface area (Å²) in [7, 11) is 0. The van der Waals surface area contributed by atoms with Crippen molar-refractivity contribution in [2.24, 2.45) is 5.92 Å². The Bertz CT molecular complexity index is 517. The first-order valence-corrected chi connectivity index (χ1v) is 8.28. The summed E-state index contributed by atoms with van der Waals surface area (Å²) in [6.45, 7) is 5.50. The molecule has 0 aromatic rings. The third kappa shape index (κ3) is 5.90. The van der Waals surface area contributed by atoms with Gasteiger partial charge in [-0.05, 0) is 20.8 Å². The quantitative estimate of drug-likeness (QED) is 0.478. The van der Waals surface area contributed by atoms with Gasteiger partial charge >= 0.3 is 17.9 Å². The fraction of sp³-hybridized carbons (Fsp3) is 0.588. The molecular formula is C17H25NO7. The largest absolute Gasteiger partial charge is 0.466 e. The third-order valence-electron chi connectivity index (χ3n) is 3.42. The predicted molar refractivity (Wildman–Crippen MR) is 88.0 cm³/mol. The molecule has 0 unspecified atom stereocenters. The molecule has 0 aliphatic carbocycles. The molecular weight excluding hydrogens is 330 g/mol. The summed E-state index contributed by atoms with van der Waals surface area (Å²) in [6, 6.07) is 0. The van der Waals surface area contributed by atoms with E-state index < -0.39 is 23.8 Å². The molecule has 0 fully saturated rings. The summed E-state index contributed by atoms with van der Waals surface area (Å²) in [6.07, 6.45) is 2.76. The third-order valence-corrected chi connectivity index (χ3v) is 3.42. The molecule has 0 radical (unpaired) electrons. The van der Waals surface area contributed by atoms with Gasteiger partial charge in [0.05, 0.1) is 44.0 Å². The zero-order chi connectivity index (χ0) is 18.8. The molecule has 0 aromatic heterocycles. The average Bonchev–Trinajstić information content (AvgIpc) is 2.56. The van der Waals surface area contributed by atoms with Gasteiger partial charge in [0.1, 0.15) is 0 Å². The SMILES string of the molecule is CCOC(=O)CC1C(C(=O)OCC)=CN(CCO)C=C1C(=O)OCC. The van der Waals surface area contributed by atoms with Gasteiger partial charge in [-0.15, -0.1) is 0 Å². The topological polar surface area (TPSA) is 102 Å². The van der Waals surface area contributed by atoms with Crippen molar-refractivity contribution in [3.63, 3.8) is 0 Å². The van der Waals surface area contributed by atoms with Crippen molar-refractivity contribution in [3.8, 4) is 0 Å². The van der Waals surface area contributed by atoms with Gasteiger partial charge in [-0.2, -0.15) is 0 Å². The lowest BCUT2D eigenvalue weighted by Gasteiger charge is -2.29. The molecule has 0 saturated heterocycles. The van der Waals surface area contributed by atoms with E-state index in [-0.39, 0.29) is 50.5 Å². The highest BCUT2D eigenvalue weighted by Gasteiger charge is 2.36. The van der Waals surface area contributed by atoms with Crippen LogP contribution in [-0.2, 0) is 28.6 Å². The second kappa shape index (κ2) is 10.5. The molecule has 0 amide bonds. The zero-order valence-corrected chi connectivity index (χ0v) is 14.8. The molecule has 1 heterocycles. The van der Waals surface area contributed by atoms with Crippen LogP contribution in [0.4, 0.5) is 0 Å². The fourth-order valence-corrected chi connectivity index (χ4v) is 2.41. The maximum Gasteiger partial charge on any atom is 0.336 e. The first-order chi connectivity index (χ1) is 12.0. The molecule has 140 valence electrons. The highest BCUT2D eigenvalue weighted by Crippen LogP contribution is 2.31. The van der Waals surface area contributed by atoms with Crippen LogP contribution in [0.5, 0.6) is 0 Å². The molecule has 1 aliphatic heterocycles. The lowest BCUT2D eigenvalue weighted by molar-refractivity contribution is -0.144. The van der Waals surface area contributed by atoms with E-state index in [2.05, 4.69) is 0 Å². The Morgan fingerprint density at radius 3 is 1.84 bits per heavy atom. The lowest BCUT2D eigenvalue weighted by Crippen LogP contribution is -2.33. The van der Waals surface area contributed by atoms with Gasteiger partial charge in [0, 0.05) is 24.9 Å². The van der Waals surface area contributed by atoms with Crippen molar-refractivity contribution in [2.45, 2.75) is 27.2 Å². The number of β-amino-alcohol motifs (C(OH)–C–C–N with tert-alkyl or cyclic N) is 1. The first kappa shape index (κ1) is 20.7. The van der Waals surface area contributed by atoms with Crippen LogP contribution >= 0.6 is 0 Å². The Labute approximate surface area is 147 Å². The maximum atomic E-state index is 12.3. The molecule has 8 heteroatoms. The van der Waals surface area contributed by atoms with E-state index in [4.69, 9.17) is 19.3 Å². The molecule has 0 aromatic carbocycles. The van der Waals surface area contributed by atoms with E-state index in [0.29, 0.717) is 0 Å². The number of hydrogen-bond donors (Lipinski definition) is 1. The van der Waals surface area contributed by atoms with E-state index >= 15 is 0 Å². The number of aliphatic hydroxyl groups excluding tert-OH is 1. The van der Waals surface area contributed by atoms with Gasteiger partial charge in [-0.3, -0.25) is 4.79 Å². The Morgan fingerprint density at radius 2 is 1.44 bits per heavy atom. The van der Waals surface area contributed by atoms with Crippen LogP contribution in [0.1, 0.15) is 27.2 Å². The minimum absolute atomic E-state index is 0.147. The number of aliphatic hydroxyl groups is 1. The van der Waals surface area contributed by atoms with Crippen LogP contribution in [0.25, 0.3) is 0 Å². The fourth-order valence-electron chi connectivity index (χ4n) is 2.41. The molecule has 0 saturated carbocycles. The van der Waals surface area contributed by atoms with Gasteiger partial charge in [0.15, 0.2) is 0 Å². The van der Waals surface area contributed by atoms with Crippen LogP contribution in [0.3, 0.4) is 0 Å². The molecule has 0 atom stereocenters. The lowest BCUT2D eigenvalue weighted by atomic mass is 9.86. The van der Waals surface area contributed by atoms with Crippen molar-refractivity contribution >= 4 is 17.9 Å². The van der Waals surface area contributed by atoms with Gasteiger partial charge in [-0.25, -0.2) is 9.59 Å².